The molecule has 1 amide bonds. The van der Waals surface area contributed by atoms with E-state index in [2.05, 4.69) is 4.98 Å². The van der Waals surface area contributed by atoms with Gasteiger partial charge in [0.1, 0.15) is 5.75 Å². The van der Waals surface area contributed by atoms with Gasteiger partial charge in [0.05, 0.1) is 19.6 Å². The van der Waals surface area contributed by atoms with E-state index in [0.717, 1.165) is 24.1 Å². The molecule has 1 saturated heterocycles. The van der Waals surface area contributed by atoms with Gasteiger partial charge in [-0.15, -0.1) is 0 Å². The molecule has 0 bridgehead atoms. The molecule has 1 aliphatic rings. The van der Waals surface area contributed by atoms with Gasteiger partial charge in [-0.1, -0.05) is 12.1 Å². The van der Waals surface area contributed by atoms with Crippen LogP contribution in [0.1, 0.15) is 18.4 Å². The van der Waals surface area contributed by atoms with Crippen LogP contribution in [-0.4, -0.2) is 37.1 Å². The summed E-state index contributed by atoms with van der Waals surface area (Å²) in [6, 6.07) is 11.2. The third kappa shape index (κ3) is 4.39. The summed E-state index contributed by atoms with van der Waals surface area (Å²) in [4.78, 5) is 30.2. The molecule has 0 saturated carbocycles. The van der Waals surface area contributed by atoms with E-state index in [4.69, 9.17) is 9.47 Å². The predicted molar refractivity (Wildman–Crippen MR) is 97.0 cm³/mol. The van der Waals surface area contributed by atoms with Gasteiger partial charge in [0.2, 0.25) is 5.91 Å². The van der Waals surface area contributed by atoms with Gasteiger partial charge in [-0.05, 0) is 36.6 Å². The molecule has 1 atom stereocenters. The maximum atomic E-state index is 12.3. The van der Waals surface area contributed by atoms with Crippen molar-refractivity contribution in [3.63, 3.8) is 0 Å². The molecule has 1 aromatic heterocycles. The fourth-order valence-corrected chi connectivity index (χ4v) is 3.01. The third-order valence-electron chi connectivity index (χ3n) is 4.40. The van der Waals surface area contributed by atoms with Gasteiger partial charge in [-0.2, -0.15) is 0 Å². The van der Waals surface area contributed by atoms with E-state index in [9.17, 15) is 9.59 Å². The Kier molecular flexibility index (Phi) is 5.84. The molecule has 0 spiro atoms. The van der Waals surface area contributed by atoms with Crippen LogP contribution in [0.4, 0.5) is 5.69 Å². The first-order valence-electron chi connectivity index (χ1n) is 8.67. The Hall–Kier alpha value is -2.89. The van der Waals surface area contributed by atoms with Gasteiger partial charge in [0.25, 0.3) is 0 Å². The zero-order chi connectivity index (χ0) is 18.4. The zero-order valence-electron chi connectivity index (χ0n) is 14.8. The van der Waals surface area contributed by atoms with Crippen LogP contribution in [0.25, 0.3) is 0 Å². The first-order chi connectivity index (χ1) is 12.7. The minimum absolute atomic E-state index is 0.0736. The van der Waals surface area contributed by atoms with E-state index in [-0.39, 0.29) is 18.3 Å². The first kappa shape index (κ1) is 17.9. The number of nitrogens with zero attached hydrogens (tertiary/aromatic N) is 2. The molecule has 1 unspecified atom stereocenters. The molecular weight excluding hydrogens is 332 g/mol. The van der Waals surface area contributed by atoms with Crippen molar-refractivity contribution in [1.82, 2.24) is 4.98 Å². The summed E-state index contributed by atoms with van der Waals surface area (Å²) in [5.41, 5.74) is 1.85. The number of carbonyl (C=O) groups is 2. The summed E-state index contributed by atoms with van der Waals surface area (Å²) in [7, 11) is 1.58. The normalized spacial score (nSPS) is 16.6. The number of methoxy groups -OCH3 is 1. The quantitative estimate of drug-likeness (QED) is 0.565. The summed E-state index contributed by atoms with van der Waals surface area (Å²) in [5, 5.41) is 0. The second kappa shape index (κ2) is 8.47. The second-order valence-corrected chi connectivity index (χ2v) is 6.24. The number of pyridine rings is 1. The van der Waals surface area contributed by atoms with Crippen molar-refractivity contribution in [3.05, 3.63) is 54.4 Å². The maximum absolute atomic E-state index is 12.3. The van der Waals surface area contributed by atoms with E-state index in [1.54, 1.807) is 24.3 Å². The molecule has 1 fully saturated rings. The van der Waals surface area contributed by atoms with Crippen molar-refractivity contribution >= 4 is 17.6 Å². The Labute approximate surface area is 152 Å². The number of aromatic nitrogens is 1. The average Bonchev–Trinajstić information content (AvgIpc) is 3.08. The number of rotatable bonds is 7. The lowest BCUT2D eigenvalue weighted by Crippen LogP contribution is -2.26. The minimum Gasteiger partial charge on any atom is -0.497 e. The molecule has 2 heterocycles. The highest BCUT2D eigenvalue weighted by molar-refractivity contribution is 5.99. The third-order valence-corrected chi connectivity index (χ3v) is 4.40. The standard InChI is InChI=1S/C20H22N2O4/c1-25-18-8-2-7-17(12-18)22-14-16(11-19(22)23)20(24)26-10-4-6-15-5-3-9-21-13-15/h2-3,5,7-9,12-13,16H,4,6,10-11,14H2,1H3. The number of esters is 1. The average molecular weight is 354 g/mol. The lowest BCUT2D eigenvalue weighted by Gasteiger charge is -2.17. The smallest absolute Gasteiger partial charge is 0.311 e. The van der Waals surface area contributed by atoms with Crippen LogP contribution in [0.5, 0.6) is 5.75 Å². The van der Waals surface area contributed by atoms with Crippen LogP contribution in [0, 0.1) is 5.92 Å². The second-order valence-electron chi connectivity index (χ2n) is 6.24. The SMILES string of the molecule is COc1cccc(N2CC(C(=O)OCCCc3cccnc3)CC2=O)c1. The van der Waals surface area contributed by atoms with Crippen LogP contribution >= 0.6 is 0 Å². The molecule has 1 aromatic carbocycles. The molecule has 2 aromatic rings. The van der Waals surface area contributed by atoms with Gasteiger partial charge >= 0.3 is 5.97 Å². The van der Waals surface area contributed by atoms with Crippen molar-refractivity contribution in [2.24, 2.45) is 5.92 Å². The number of benzene rings is 1. The number of amides is 1. The van der Waals surface area contributed by atoms with Crippen LogP contribution in [0.3, 0.4) is 0 Å². The Morgan fingerprint density at radius 1 is 1.31 bits per heavy atom. The topological polar surface area (TPSA) is 68.7 Å². The number of carbonyl (C=O) groups excluding carboxylic acids is 2. The summed E-state index contributed by atoms with van der Waals surface area (Å²) in [6.07, 6.45) is 5.26. The Bertz CT molecular complexity index is 763. The Morgan fingerprint density at radius 3 is 2.96 bits per heavy atom. The molecule has 3 rings (SSSR count). The molecule has 136 valence electrons. The highest BCUT2D eigenvalue weighted by atomic mass is 16.5. The fraction of sp³-hybridized carbons (Fsp3) is 0.350. The van der Waals surface area contributed by atoms with E-state index < -0.39 is 5.92 Å². The van der Waals surface area contributed by atoms with E-state index in [1.807, 2.05) is 36.5 Å². The fourth-order valence-electron chi connectivity index (χ4n) is 3.01. The molecule has 26 heavy (non-hydrogen) atoms. The molecule has 0 N–H and O–H groups in total. The number of anilines is 1. The van der Waals surface area contributed by atoms with Gasteiger partial charge in [0, 0.05) is 37.1 Å². The van der Waals surface area contributed by atoms with Crippen molar-refractivity contribution in [2.75, 3.05) is 25.2 Å². The lowest BCUT2D eigenvalue weighted by atomic mass is 10.1. The van der Waals surface area contributed by atoms with E-state index in [1.165, 1.54) is 0 Å². The maximum Gasteiger partial charge on any atom is 0.311 e. The van der Waals surface area contributed by atoms with Crippen molar-refractivity contribution in [1.29, 1.82) is 0 Å². The lowest BCUT2D eigenvalue weighted by molar-refractivity contribution is -0.148. The van der Waals surface area contributed by atoms with Gasteiger partial charge in [-0.25, -0.2) is 0 Å². The van der Waals surface area contributed by atoms with Crippen molar-refractivity contribution in [2.45, 2.75) is 19.3 Å². The summed E-state index contributed by atoms with van der Waals surface area (Å²) in [6.45, 7) is 0.686. The number of hydrogen-bond donors (Lipinski definition) is 0. The number of hydrogen-bond acceptors (Lipinski definition) is 5. The Morgan fingerprint density at radius 2 is 2.19 bits per heavy atom. The number of aryl methyl sites for hydroxylation is 1. The van der Waals surface area contributed by atoms with Crippen LogP contribution in [0.2, 0.25) is 0 Å². The molecule has 0 radical (unpaired) electrons. The van der Waals surface area contributed by atoms with E-state index >= 15 is 0 Å². The van der Waals surface area contributed by atoms with Crippen LogP contribution in [-0.2, 0) is 20.7 Å². The summed E-state index contributed by atoms with van der Waals surface area (Å²) < 4.78 is 10.6. The van der Waals surface area contributed by atoms with E-state index in [0.29, 0.717) is 18.9 Å². The highest BCUT2D eigenvalue weighted by Gasteiger charge is 2.36. The predicted octanol–water partition coefficient (Wildman–Crippen LogP) is 2.62. The monoisotopic (exact) mass is 354 g/mol. The molecule has 1 aliphatic heterocycles. The number of ether oxygens (including phenoxy) is 2. The summed E-state index contributed by atoms with van der Waals surface area (Å²) >= 11 is 0. The first-order valence-corrected chi connectivity index (χ1v) is 8.67. The molecule has 0 aliphatic carbocycles. The van der Waals surface area contributed by atoms with Gasteiger partial charge in [0.15, 0.2) is 0 Å². The van der Waals surface area contributed by atoms with Crippen LogP contribution < -0.4 is 9.64 Å². The highest BCUT2D eigenvalue weighted by Crippen LogP contribution is 2.28. The van der Waals surface area contributed by atoms with Gasteiger partial charge in [-0.3, -0.25) is 14.6 Å². The minimum atomic E-state index is -0.424. The Balaban J connectivity index is 1.49. The van der Waals surface area contributed by atoms with Crippen LogP contribution in [0.15, 0.2) is 48.8 Å². The van der Waals surface area contributed by atoms with Crippen molar-refractivity contribution < 1.29 is 19.1 Å². The molecule has 6 nitrogen and oxygen atoms in total. The van der Waals surface area contributed by atoms with Gasteiger partial charge < -0.3 is 14.4 Å². The molecular formula is C20H22N2O4. The largest absolute Gasteiger partial charge is 0.497 e. The zero-order valence-corrected chi connectivity index (χ0v) is 14.8. The molecule has 6 heteroatoms. The summed E-state index contributed by atoms with van der Waals surface area (Å²) in [5.74, 6) is -0.130. The van der Waals surface area contributed by atoms with Crippen molar-refractivity contribution in [3.8, 4) is 5.75 Å².